The number of amides is 1. The van der Waals surface area contributed by atoms with Gasteiger partial charge in [0, 0.05) is 14.2 Å². The van der Waals surface area contributed by atoms with Crippen molar-refractivity contribution in [2.75, 3.05) is 5.32 Å². The molecule has 0 spiro atoms. The van der Waals surface area contributed by atoms with Crippen LogP contribution in [0.1, 0.15) is 15.9 Å². The fourth-order valence-corrected chi connectivity index (χ4v) is 2.26. The number of benzene rings is 2. The molecule has 0 unspecified atom stereocenters. The molecule has 94 valence electrons. The summed E-state index contributed by atoms with van der Waals surface area (Å²) in [6.07, 6.45) is 0. The Balaban J connectivity index is 2.20. The predicted molar refractivity (Wildman–Crippen MR) is 83.3 cm³/mol. The second-order valence-electron chi connectivity index (χ2n) is 3.77. The van der Waals surface area contributed by atoms with Gasteiger partial charge in [-0.2, -0.15) is 5.26 Å². The third-order valence-corrected chi connectivity index (χ3v) is 3.60. The molecule has 0 aromatic heterocycles. The highest BCUT2D eigenvalue weighted by Crippen LogP contribution is 2.20. The number of rotatable bonds is 2. The topological polar surface area (TPSA) is 52.9 Å². The van der Waals surface area contributed by atoms with Gasteiger partial charge in [0.05, 0.1) is 17.3 Å². The zero-order valence-corrected chi connectivity index (χ0v) is 12.6. The van der Waals surface area contributed by atoms with Gasteiger partial charge in [-0.25, -0.2) is 0 Å². The third kappa shape index (κ3) is 3.46. The molecule has 2 rings (SSSR count). The van der Waals surface area contributed by atoms with E-state index >= 15 is 0 Å². The smallest absolute Gasteiger partial charge is 0.255 e. The molecule has 5 heteroatoms. The fourth-order valence-electron chi connectivity index (χ4n) is 1.48. The average molecular weight is 383 g/mol. The molecule has 1 amide bonds. The van der Waals surface area contributed by atoms with E-state index in [9.17, 15) is 4.79 Å². The molecular formula is C14H8ClIN2O. The lowest BCUT2D eigenvalue weighted by molar-refractivity contribution is 0.102. The Labute approximate surface area is 129 Å². The predicted octanol–water partition coefficient (Wildman–Crippen LogP) is 4.07. The van der Waals surface area contributed by atoms with E-state index in [0.29, 0.717) is 21.8 Å². The molecule has 0 fully saturated rings. The minimum atomic E-state index is -0.209. The van der Waals surface area contributed by atoms with Gasteiger partial charge in [-0.05, 0) is 65.1 Å². The number of anilines is 1. The largest absolute Gasteiger partial charge is 0.321 e. The van der Waals surface area contributed by atoms with E-state index in [1.54, 1.807) is 42.5 Å². The van der Waals surface area contributed by atoms with E-state index in [2.05, 4.69) is 34.0 Å². The number of halogens is 2. The first-order valence-corrected chi connectivity index (χ1v) is 6.82. The van der Waals surface area contributed by atoms with Gasteiger partial charge in [0.25, 0.3) is 5.91 Å². The summed E-state index contributed by atoms with van der Waals surface area (Å²) < 4.78 is 0.818. The molecule has 3 nitrogen and oxygen atoms in total. The summed E-state index contributed by atoms with van der Waals surface area (Å²) in [6.45, 7) is 0. The molecule has 0 atom stereocenters. The molecule has 0 bridgehead atoms. The molecule has 2 aromatic carbocycles. The Hall–Kier alpha value is -1.58. The van der Waals surface area contributed by atoms with Crippen molar-refractivity contribution in [2.24, 2.45) is 0 Å². The van der Waals surface area contributed by atoms with Crippen molar-refractivity contribution in [1.82, 2.24) is 0 Å². The molecule has 0 aliphatic carbocycles. The van der Waals surface area contributed by atoms with Crippen LogP contribution in [0, 0.1) is 14.9 Å². The van der Waals surface area contributed by atoms with Crippen LogP contribution in [0.5, 0.6) is 0 Å². The van der Waals surface area contributed by atoms with Gasteiger partial charge in [0.1, 0.15) is 0 Å². The number of carbonyl (C=O) groups excluding carboxylic acids is 1. The van der Waals surface area contributed by atoms with E-state index in [-0.39, 0.29) is 5.91 Å². The summed E-state index contributed by atoms with van der Waals surface area (Å²) in [6, 6.07) is 13.8. The van der Waals surface area contributed by atoms with E-state index in [4.69, 9.17) is 16.9 Å². The van der Waals surface area contributed by atoms with Crippen LogP contribution in [0.2, 0.25) is 5.02 Å². The summed E-state index contributed by atoms with van der Waals surface area (Å²) in [7, 11) is 0. The Morgan fingerprint density at radius 1 is 1.21 bits per heavy atom. The van der Waals surface area contributed by atoms with Crippen LogP contribution in [-0.2, 0) is 0 Å². The summed E-state index contributed by atoms with van der Waals surface area (Å²) in [5.41, 5.74) is 1.78. The maximum absolute atomic E-state index is 12.0. The first-order valence-electron chi connectivity index (χ1n) is 5.37. The molecule has 2 aromatic rings. The standard InChI is InChI=1S/C14H8ClIN2O/c15-11-4-2-10(3-5-11)14(19)18-13-6-1-9(8-17)7-12(13)16/h1-7H,(H,18,19). The van der Waals surface area contributed by atoms with Crippen LogP contribution >= 0.6 is 34.2 Å². The molecule has 0 aliphatic heterocycles. The highest BCUT2D eigenvalue weighted by atomic mass is 127. The summed E-state index contributed by atoms with van der Waals surface area (Å²) in [4.78, 5) is 12.0. The maximum atomic E-state index is 12.0. The maximum Gasteiger partial charge on any atom is 0.255 e. The van der Waals surface area contributed by atoms with Gasteiger partial charge in [0.15, 0.2) is 0 Å². The summed E-state index contributed by atoms with van der Waals surface area (Å²) in [5.74, 6) is -0.209. The number of nitrogens with zero attached hydrogens (tertiary/aromatic N) is 1. The number of hydrogen-bond donors (Lipinski definition) is 1. The Bertz CT molecular complexity index is 662. The lowest BCUT2D eigenvalue weighted by Gasteiger charge is -2.07. The Kier molecular flexibility index (Phi) is 4.40. The molecular weight excluding hydrogens is 375 g/mol. The second-order valence-corrected chi connectivity index (χ2v) is 5.37. The quantitative estimate of drug-likeness (QED) is 0.796. The van der Waals surface area contributed by atoms with E-state index in [0.717, 1.165) is 3.57 Å². The third-order valence-electron chi connectivity index (χ3n) is 2.45. The van der Waals surface area contributed by atoms with Crippen LogP contribution in [0.3, 0.4) is 0 Å². The van der Waals surface area contributed by atoms with Crippen molar-refractivity contribution in [2.45, 2.75) is 0 Å². The van der Waals surface area contributed by atoms with Crippen molar-refractivity contribution >= 4 is 45.8 Å². The molecule has 0 radical (unpaired) electrons. The molecule has 1 N–H and O–H groups in total. The highest BCUT2D eigenvalue weighted by Gasteiger charge is 2.08. The lowest BCUT2D eigenvalue weighted by Crippen LogP contribution is -2.12. The van der Waals surface area contributed by atoms with Gasteiger partial charge in [-0.1, -0.05) is 11.6 Å². The summed E-state index contributed by atoms with van der Waals surface area (Å²) >= 11 is 7.85. The molecule has 0 saturated carbocycles. The number of hydrogen-bond acceptors (Lipinski definition) is 2. The van der Waals surface area contributed by atoms with Gasteiger partial charge < -0.3 is 5.32 Å². The normalized spacial score (nSPS) is 9.74. The van der Waals surface area contributed by atoms with Gasteiger partial charge in [0.2, 0.25) is 0 Å². The molecule has 0 heterocycles. The van der Waals surface area contributed by atoms with E-state index in [1.165, 1.54) is 0 Å². The number of nitriles is 1. The van der Waals surface area contributed by atoms with Gasteiger partial charge in [-0.3, -0.25) is 4.79 Å². The Morgan fingerprint density at radius 2 is 1.89 bits per heavy atom. The van der Waals surface area contributed by atoms with Crippen molar-refractivity contribution in [3.8, 4) is 6.07 Å². The highest BCUT2D eigenvalue weighted by molar-refractivity contribution is 14.1. The van der Waals surface area contributed by atoms with E-state index < -0.39 is 0 Å². The monoisotopic (exact) mass is 382 g/mol. The second kappa shape index (κ2) is 6.04. The zero-order valence-electron chi connectivity index (χ0n) is 9.65. The van der Waals surface area contributed by atoms with Crippen molar-refractivity contribution in [3.05, 3.63) is 62.2 Å². The summed E-state index contributed by atoms with van der Waals surface area (Å²) in [5, 5.41) is 12.2. The lowest BCUT2D eigenvalue weighted by atomic mass is 10.2. The van der Waals surface area contributed by atoms with Crippen LogP contribution in [0.4, 0.5) is 5.69 Å². The first-order chi connectivity index (χ1) is 9.10. The Morgan fingerprint density at radius 3 is 2.47 bits per heavy atom. The van der Waals surface area contributed by atoms with Gasteiger partial charge >= 0.3 is 0 Å². The molecule has 0 aliphatic rings. The molecule has 0 saturated heterocycles. The number of carbonyl (C=O) groups is 1. The van der Waals surface area contributed by atoms with Crippen LogP contribution in [-0.4, -0.2) is 5.91 Å². The zero-order chi connectivity index (χ0) is 13.8. The van der Waals surface area contributed by atoms with Crippen LogP contribution in [0.15, 0.2) is 42.5 Å². The van der Waals surface area contributed by atoms with Crippen molar-refractivity contribution < 1.29 is 4.79 Å². The van der Waals surface area contributed by atoms with E-state index in [1.807, 2.05) is 0 Å². The SMILES string of the molecule is N#Cc1ccc(NC(=O)c2ccc(Cl)cc2)c(I)c1. The van der Waals surface area contributed by atoms with Gasteiger partial charge in [-0.15, -0.1) is 0 Å². The fraction of sp³-hybridized carbons (Fsp3) is 0. The van der Waals surface area contributed by atoms with Crippen LogP contribution in [0.25, 0.3) is 0 Å². The average Bonchev–Trinajstić information content (AvgIpc) is 2.41. The number of nitrogens with one attached hydrogen (secondary N) is 1. The van der Waals surface area contributed by atoms with Crippen molar-refractivity contribution in [3.63, 3.8) is 0 Å². The minimum Gasteiger partial charge on any atom is -0.321 e. The van der Waals surface area contributed by atoms with Crippen LogP contribution < -0.4 is 5.32 Å². The first kappa shape index (κ1) is 13.8. The van der Waals surface area contributed by atoms with Crippen molar-refractivity contribution in [1.29, 1.82) is 5.26 Å². The molecule has 19 heavy (non-hydrogen) atoms. The minimum absolute atomic E-state index is 0.209.